The molecular weight excluding hydrogens is 246 g/mol. The Balaban J connectivity index is 2.09. The molecule has 0 N–H and O–H groups in total. The zero-order valence-electron chi connectivity index (χ0n) is 11.8. The van der Waals surface area contributed by atoms with Crippen LogP contribution in [0, 0.1) is 13.8 Å². The highest BCUT2D eigenvalue weighted by Crippen LogP contribution is 2.22. The second-order valence-electron chi connectivity index (χ2n) is 5.28. The van der Waals surface area contributed by atoms with E-state index < -0.39 is 0 Å². The predicted molar refractivity (Wildman–Crippen MR) is 82.3 cm³/mol. The summed E-state index contributed by atoms with van der Waals surface area (Å²) in [6.45, 7) is 5.03. The Hall–Kier alpha value is -2.35. The molecule has 2 heteroatoms. The van der Waals surface area contributed by atoms with E-state index in [0.29, 0.717) is 0 Å². The number of rotatable bonds is 3. The molecule has 2 nitrogen and oxygen atoms in total. The molecular formula is C18H17NO. The fourth-order valence-corrected chi connectivity index (χ4v) is 2.71. The lowest BCUT2D eigenvalue weighted by Gasteiger charge is -2.09. The first-order valence-corrected chi connectivity index (χ1v) is 6.78. The van der Waals surface area contributed by atoms with Gasteiger partial charge >= 0.3 is 0 Å². The van der Waals surface area contributed by atoms with Gasteiger partial charge in [-0.25, -0.2) is 0 Å². The molecule has 0 fully saturated rings. The number of nitrogens with zero attached hydrogens (tertiary/aromatic N) is 1. The number of carbonyl (C=O) groups excluding carboxylic acids is 1. The SMILES string of the molecule is Cc1ccc(Cn2cc(C=O)c3ccccc32)c(C)c1. The largest absolute Gasteiger partial charge is 0.342 e. The first-order valence-electron chi connectivity index (χ1n) is 6.78. The number of benzene rings is 2. The van der Waals surface area contributed by atoms with Crippen molar-refractivity contribution in [3.63, 3.8) is 0 Å². The summed E-state index contributed by atoms with van der Waals surface area (Å²) in [6.07, 6.45) is 2.87. The van der Waals surface area contributed by atoms with Gasteiger partial charge in [0, 0.05) is 29.2 Å². The summed E-state index contributed by atoms with van der Waals surface area (Å²) >= 11 is 0. The maximum Gasteiger partial charge on any atom is 0.152 e. The van der Waals surface area contributed by atoms with Crippen molar-refractivity contribution in [2.24, 2.45) is 0 Å². The van der Waals surface area contributed by atoms with Crippen molar-refractivity contribution in [1.29, 1.82) is 0 Å². The van der Waals surface area contributed by atoms with E-state index in [1.807, 2.05) is 24.4 Å². The smallest absolute Gasteiger partial charge is 0.152 e. The molecule has 0 spiro atoms. The van der Waals surface area contributed by atoms with Gasteiger partial charge in [-0.2, -0.15) is 0 Å². The summed E-state index contributed by atoms with van der Waals surface area (Å²) in [5.41, 5.74) is 5.71. The molecule has 0 saturated heterocycles. The molecule has 1 aromatic heterocycles. The van der Waals surface area contributed by atoms with Gasteiger partial charge in [0.1, 0.15) is 0 Å². The molecule has 0 atom stereocenters. The van der Waals surface area contributed by atoms with Crippen LogP contribution >= 0.6 is 0 Å². The molecule has 3 rings (SSSR count). The number of hydrogen-bond acceptors (Lipinski definition) is 1. The summed E-state index contributed by atoms with van der Waals surface area (Å²) in [6, 6.07) is 14.5. The highest BCUT2D eigenvalue weighted by molar-refractivity contribution is 5.97. The van der Waals surface area contributed by atoms with Gasteiger partial charge in [-0.3, -0.25) is 4.79 Å². The Morgan fingerprint density at radius 2 is 1.90 bits per heavy atom. The third-order valence-corrected chi connectivity index (χ3v) is 3.79. The Labute approximate surface area is 118 Å². The second-order valence-corrected chi connectivity index (χ2v) is 5.28. The molecule has 0 bridgehead atoms. The number of fused-ring (bicyclic) bond motifs is 1. The Morgan fingerprint density at radius 3 is 2.65 bits per heavy atom. The van der Waals surface area contributed by atoms with Crippen LogP contribution in [-0.2, 0) is 6.54 Å². The molecule has 0 aliphatic carbocycles. The number of hydrogen-bond donors (Lipinski definition) is 0. The van der Waals surface area contributed by atoms with Crippen molar-refractivity contribution in [3.05, 3.63) is 70.9 Å². The lowest BCUT2D eigenvalue weighted by Crippen LogP contribution is -2.00. The zero-order valence-corrected chi connectivity index (χ0v) is 11.8. The number of carbonyl (C=O) groups is 1. The van der Waals surface area contributed by atoms with E-state index in [4.69, 9.17) is 0 Å². The van der Waals surface area contributed by atoms with Gasteiger partial charge in [0.15, 0.2) is 6.29 Å². The van der Waals surface area contributed by atoms with Crippen molar-refractivity contribution >= 4 is 17.2 Å². The summed E-state index contributed by atoms with van der Waals surface area (Å²) in [7, 11) is 0. The van der Waals surface area contributed by atoms with E-state index >= 15 is 0 Å². The van der Waals surface area contributed by atoms with E-state index in [-0.39, 0.29) is 0 Å². The third-order valence-electron chi connectivity index (χ3n) is 3.79. The Bertz CT molecular complexity index is 783. The van der Waals surface area contributed by atoms with Gasteiger partial charge in [-0.05, 0) is 31.0 Å². The molecule has 0 aliphatic heterocycles. The molecule has 20 heavy (non-hydrogen) atoms. The van der Waals surface area contributed by atoms with Crippen molar-refractivity contribution < 1.29 is 4.79 Å². The molecule has 0 radical (unpaired) electrons. The molecule has 0 aliphatic rings. The first kappa shape index (κ1) is 12.7. The molecule has 100 valence electrons. The van der Waals surface area contributed by atoms with Crippen LogP contribution in [0.1, 0.15) is 27.0 Å². The van der Waals surface area contributed by atoms with Gasteiger partial charge in [-0.15, -0.1) is 0 Å². The topological polar surface area (TPSA) is 22.0 Å². The predicted octanol–water partition coefficient (Wildman–Crippen LogP) is 4.12. The molecule has 0 amide bonds. The van der Waals surface area contributed by atoms with Crippen LogP contribution in [0.25, 0.3) is 10.9 Å². The highest BCUT2D eigenvalue weighted by Gasteiger charge is 2.08. The molecule has 3 aromatic rings. The van der Waals surface area contributed by atoms with Crippen LogP contribution in [0.4, 0.5) is 0 Å². The van der Waals surface area contributed by atoms with Crippen LogP contribution in [-0.4, -0.2) is 10.9 Å². The average Bonchev–Trinajstić information content (AvgIpc) is 2.80. The standard InChI is InChI=1S/C18H17NO/c1-13-7-8-15(14(2)9-13)10-19-11-16(12-20)17-5-3-4-6-18(17)19/h3-9,11-12H,10H2,1-2H3. The minimum absolute atomic E-state index is 0.755. The van der Waals surface area contributed by atoms with Crippen LogP contribution in [0.2, 0.25) is 0 Å². The molecule has 0 saturated carbocycles. The molecule has 1 heterocycles. The van der Waals surface area contributed by atoms with Crippen molar-refractivity contribution in [1.82, 2.24) is 4.57 Å². The number of aldehydes is 1. The second kappa shape index (κ2) is 4.97. The Kier molecular flexibility index (Phi) is 3.15. The molecule has 0 unspecified atom stereocenters. The van der Waals surface area contributed by atoms with E-state index in [9.17, 15) is 4.79 Å². The fourth-order valence-electron chi connectivity index (χ4n) is 2.71. The number of para-hydroxylation sites is 1. The van der Waals surface area contributed by atoms with E-state index in [1.165, 1.54) is 16.7 Å². The minimum Gasteiger partial charge on any atom is -0.342 e. The first-order chi connectivity index (χ1) is 9.69. The maximum absolute atomic E-state index is 11.2. The van der Waals surface area contributed by atoms with Crippen LogP contribution < -0.4 is 0 Å². The summed E-state index contributed by atoms with van der Waals surface area (Å²) < 4.78 is 2.15. The fraction of sp³-hybridized carbons (Fsp3) is 0.167. The monoisotopic (exact) mass is 263 g/mol. The number of aryl methyl sites for hydroxylation is 2. The van der Waals surface area contributed by atoms with Gasteiger partial charge in [-0.1, -0.05) is 42.0 Å². The van der Waals surface area contributed by atoms with Crippen molar-refractivity contribution in [2.45, 2.75) is 20.4 Å². The van der Waals surface area contributed by atoms with Gasteiger partial charge in [0.2, 0.25) is 0 Å². The van der Waals surface area contributed by atoms with E-state index in [1.54, 1.807) is 0 Å². The van der Waals surface area contributed by atoms with Gasteiger partial charge < -0.3 is 4.57 Å². The highest BCUT2D eigenvalue weighted by atomic mass is 16.1. The quantitative estimate of drug-likeness (QED) is 0.651. The van der Waals surface area contributed by atoms with Crippen molar-refractivity contribution in [2.75, 3.05) is 0 Å². The zero-order chi connectivity index (χ0) is 14.1. The average molecular weight is 263 g/mol. The summed E-state index contributed by atoms with van der Waals surface area (Å²) in [5, 5.41) is 1.02. The van der Waals surface area contributed by atoms with Crippen LogP contribution in [0.15, 0.2) is 48.7 Å². The lowest BCUT2D eigenvalue weighted by molar-refractivity contribution is 0.112. The normalized spacial score (nSPS) is 10.9. The van der Waals surface area contributed by atoms with Crippen LogP contribution in [0.5, 0.6) is 0 Å². The molecule has 2 aromatic carbocycles. The third kappa shape index (κ3) is 2.14. The van der Waals surface area contributed by atoms with E-state index in [0.717, 1.165) is 29.3 Å². The van der Waals surface area contributed by atoms with E-state index in [2.05, 4.69) is 42.7 Å². The lowest BCUT2D eigenvalue weighted by atomic mass is 10.1. The summed E-state index contributed by atoms with van der Waals surface area (Å²) in [5.74, 6) is 0. The number of aromatic nitrogens is 1. The van der Waals surface area contributed by atoms with Gasteiger partial charge in [0.05, 0.1) is 0 Å². The minimum atomic E-state index is 0.755. The summed E-state index contributed by atoms with van der Waals surface area (Å²) in [4.78, 5) is 11.2. The van der Waals surface area contributed by atoms with Gasteiger partial charge in [0.25, 0.3) is 0 Å². The Morgan fingerprint density at radius 1 is 1.10 bits per heavy atom. The maximum atomic E-state index is 11.2. The van der Waals surface area contributed by atoms with Crippen LogP contribution in [0.3, 0.4) is 0 Å². The van der Waals surface area contributed by atoms with Crippen molar-refractivity contribution in [3.8, 4) is 0 Å².